The molecule has 1 aliphatic carbocycles. The minimum atomic E-state index is -0.627. The van der Waals surface area contributed by atoms with Gasteiger partial charge in [0.2, 0.25) is 5.91 Å². The van der Waals surface area contributed by atoms with Crippen LogP contribution in [0.3, 0.4) is 0 Å². The van der Waals surface area contributed by atoms with Gasteiger partial charge in [-0.3, -0.25) is 4.79 Å². The first kappa shape index (κ1) is 13.1. The third-order valence-electron chi connectivity index (χ3n) is 3.65. The summed E-state index contributed by atoms with van der Waals surface area (Å²) in [6.45, 7) is 4.63. The summed E-state index contributed by atoms with van der Waals surface area (Å²) in [7, 11) is 0. The van der Waals surface area contributed by atoms with E-state index in [0.29, 0.717) is 18.2 Å². The van der Waals surface area contributed by atoms with Crippen LogP contribution in [0.1, 0.15) is 56.9 Å². The Bertz CT molecular complexity index is 420. The Morgan fingerprint density at radius 1 is 1.56 bits per heavy atom. The van der Waals surface area contributed by atoms with E-state index in [2.05, 4.69) is 24.3 Å². The molecule has 0 saturated heterocycles. The van der Waals surface area contributed by atoms with Gasteiger partial charge in [-0.1, -0.05) is 19.0 Å². The van der Waals surface area contributed by atoms with Crippen molar-refractivity contribution in [2.75, 3.05) is 0 Å². The second kappa shape index (κ2) is 5.10. The summed E-state index contributed by atoms with van der Waals surface area (Å²) in [6.07, 6.45) is 3.63. The van der Waals surface area contributed by atoms with Gasteiger partial charge < -0.3 is 15.6 Å². The molecule has 2 rings (SSSR count). The number of nitrogens with two attached hydrogens (primary N) is 1. The van der Waals surface area contributed by atoms with Crippen LogP contribution in [0.2, 0.25) is 0 Å². The van der Waals surface area contributed by atoms with Gasteiger partial charge >= 0.3 is 0 Å². The van der Waals surface area contributed by atoms with E-state index in [1.54, 1.807) is 0 Å². The molecule has 5 nitrogen and oxygen atoms in total. The fourth-order valence-electron chi connectivity index (χ4n) is 2.02. The van der Waals surface area contributed by atoms with E-state index in [1.807, 2.05) is 6.07 Å². The lowest BCUT2D eigenvalue weighted by Gasteiger charge is -2.08. The molecule has 18 heavy (non-hydrogen) atoms. The molecular weight excluding hydrogens is 230 g/mol. The topological polar surface area (TPSA) is 81.2 Å². The second-order valence-corrected chi connectivity index (χ2v) is 5.07. The van der Waals surface area contributed by atoms with Crippen molar-refractivity contribution < 1.29 is 9.32 Å². The molecule has 1 aromatic rings. The summed E-state index contributed by atoms with van der Waals surface area (Å²) in [5.74, 6) is 1.03. The highest BCUT2D eigenvalue weighted by Crippen LogP contribution is 2.32. The van der Waals surface area contributed by atoms with Crippen LogP contribution < -0.4 is 11.1 Å². The van der Waals surface area contributed by atoms with Crippen LogP contribution in [0.25, 0.3) is 0 Å². The number of hydrogen-bond donors (Lipinski definition) is 2. The molecule has 1 aromatic heterocycles. The molecule has 5 heteroatoms. The Balaban J connectivity index is 1.88. The third-order valence-corrected chi connectivity index (χ3v) is 3.65. The fraction of sp³-hybridized carbons (Fsp3) is 0.692. The summed E-state index contributed by atoms with van der Waals surface area (Å²) in [4.78, 5) is 11.7. The molecule has 0 atom stereocenters. The lowest BCUT2D eigenvalue weighted by atomic mass is 9.99. The molecule has 100 valence electrons. The van der Waals surface area contributed by atoms with Crippen molar-refractivity contribution in [1.82, 2.24) is 10.5 Å². The van der Waals surface area contributed by atoms with Gasteiger partial charge in [-0.05, 0) is 25.7 Å². The van der Waals surface area contributed by atoms with Gasteiger partial charge in [-0.15, -0.1) is 0 Å². The number of rotatable bonds is 6. The van der Waals surface area contributed by atoms with Gasteiger partial charge in [-0.2, -0.15) is 0 Å². The van der Waals surface area contributed by atoms with Gasteiger partial charge in [0.15, 0.2) is 5.76 Å². The predicted molar refractivity (Wildman–Crippen MR) is 67.8 cm³/mol. The van der Waals surface area contributed by atoms with E-state index in [0.717, 1.165) is 31.4 Å². The monoisotopic (exact) mass is 251 g/mol. The number of nitrogens with one attached hydrogen (secondary N) is 1. The summed E-state index contributed by atoms with van der Waals surface area (Å²) in [6, 6.07) is 1.92. The van der Waals surface area contributed by atoms with E-state index in [1.165, 1.54) is 0 Å². The lowest BCUT2D eigenvalue weighted by Crippen LogP contribution is -2.42. The minimum absolute atomic E-state index is 0.0945. The zero-order valence-corrected chi connectivity index (χ0v) is 11.0. The zero-order chi connectivity index (χ0) is 13.2. The molecule has 0 radical (unpaired) electrons. The Hall–Kier alpha value is -1.36. The highest BCUT2D eigenvalue weighted by atomic mass is 16.5. The predicted octanol–water partition coefficient (Wildman–Crippen LogP) is 1.69. The summed E-state index contributed by atoms with van der Waals surface area (Å²) in [5.41, 5.74) is 6.14. The van der Waals surface area contributed by atoms with Crippen LogP contribution in [0.5, 0.6) is 0 Å². The largest absolute Gasteiger partial charge is 0.359 e. The Labute approximate surface area is 107 Å². The number of carbonyl (C=O) groups is 1. The number of nitrogens with zero attached hydrogens (tertiary/aromatic N) is 1. The molecule has 0 aliphatic heterocycles. The van der Waals surface area contributed by atoms with E-state index in [4.69, 9.17) is 10.3 Å². The molecule has 0 bridgehead atoms. The maximum absolute atomic E-state index is 11.7. The van der Waals surface area contributed by atoms with Crippen molar-refractivity contribution >= 4 is 5.91 Å². The number of aromatic nitrogens is 1. The van der Waals surface area contributed by atoms with Crippen LogP contribution >= 0.6 is 0 Å². The highest BCUT2D eigenvalue weighted by Gasteiger charge is 2.45. The molecule has 1 amide bonds. The summed E-state index contributed by atoms with van der Waals surface area (Å²) in [5, 5.41) is 6.85. The second-order valence-electron chi connectivity index (χ2n) is 5.07. The molecule has 1 aliphatic rings. The summed E-state index contributed by atoms with van der Waals surface area (Å²) < 4.78 is 5.23. The highest BCUT2D eigenvalue weighted by molar-refractivity contribution is 5.88. The van der Waals surface area contributed by atoms with Crippen LogP contribution in [0.4, 0.5) is 0 Å². The van der Waals surface area contributed by atoms with Gasteiger partial charge in [0.25, 0.3) is 0 Å². The van der Waals surface area contributed by atoms with Crippen molar-refractivity contribution in [3.05, 3.63) is 17.5 Å². The maximum Gasteiger partial charge on any atom is 0.240 e. The van der Waals surface area contributed by atoms with Gasteiger partial charge in [0.05, 0.1) is 17.8 Å². The van der Waals surface area contributed by atoms with Crippen molar-refractivity contribution in [2.45, 2.75) is 57.5 Å². The first-order valence-corrected chi connectivity index (χ1v) is 6.61. The van der Waals surface area contributed by atoms with Gasteiger partial charge in [0, 0.05) is 12.0 Å². The number of amides is 1. The third kappa shape index (κ3) is 2.72. The summed E-state index contributed by atoms with van der Waals surface area (Å²) >= 11 is 0. The van der Waals surface area contributed by atoms with E-state index >= 15 is 0 Å². The molecule has 1 fully saturated rings. The first-order valence-electron chi connectivity index (χ1n) is 6.61. The van der Waals surface area contributed by atoms with Crippen LogP contribution in [0.15, 0.2) is 10.6 Å². The zero-order valence-electron chi connectivity index (χ0n) is 11.0. The standard InChI is InChI=1S/C13H21N3O2/c1-3-9(4-2)11-7-10(18-16-11)8-15-12(17)13(14)5-6-13/h7,9H,3-6,8,14H2,1-2H3,(H,15,17). The van der Waals surface area contributed by atoms with E-state index in [-0.39, 0.29) is 5.91 Å². The van der Waals surface area contributed by atoms with Crippen LogP contribution in [0, 0.1) is 0 Å². The van der Waals surface area contributed by atoms with E-state index < -0.39 is 5.54 Å². The average molecular weight is 251 g/mol. The van der Waals surface area contributed by atoms with Crippen molar-refractivity contribution in [1.29, 1.82) is 0 Å². The maximum atomic E-state index is 11.7. The lowest BCUT2D eigenvalue weighted by molar-refractivity contribution is -0.123. The normalized spacial score (nSPS) is 16.9. The van der Waals surface area contributed by atoms with Crippen molar-refractivity contribution in [3.63, 3.8) is 0 Å². The quantitative estimate of drug-likeness (QED) is 0.806. The molecule has 0 spiro atoms. The smallest absolute Gasteiger partial charge is 0.240 e. The fourth-order valence-corrected chi connectivity index (χ4v) is 2.02. The molecule has 0 aromatic carbocycles. The first-order chi connectivity index (χ1) is 8.59. The molecular formula is C13H21N3O2. The van der Waals surface area contributed by atoms with Crippen LogP contribution in [-0.4, -0.2) is 16.6 Å². The molecule has 3 N–H and O–H groups in total. The van der Waals surface area contributed by atoms with Crippen molar-refractivity contribution in [3.8, 4) is 0 Å². The Kier molecular flexibility index (Phi) is 3.71. The van der Waals surface area contributed by atoms with Crippen molar-refractivity contribution in [2.24, 2.45) is 5.73 Å². The van der Waals surface area contributed by atoms with E-state index in [9.17, 15) is 4.79 Å². The molecule has 1 saturated carbocycles. The number of carbonyl (C=O) groups excluding carboxylic acids is 1. The SMILES string of the molecule is CCC(CC)c1cc(CNC(=O)C2(N)CC2)on1. The minimum Gasteiger partial charge on any atom is -0.359 e. The number of hydrogen-bond acceptors (Lipinski definition) is 4. The van der Waals surface area contributed by atoms with Gasteiger partial charge in [0.1, 0.15) is 0 Å². The Morgan fingerprint density at radius 3 is 2.78 bits per heavy atom. The average Bonchev–Trinajstić information content (AvgIpc) is 2.95. The van der Waals surface area contributed by atoms with Gasteiger partial charge in [-0.25, -0.2) is 0 Å². The molecule has 0 unspecified atom stereocenters. The Morgan fingerprint density at radius 2 is 2.22 bits per heavy atom. The molecule has 1 heterocycles. The van der Waals surface area contributed by atoms with Crippen LogP contribution in [-0.2, 0) is 11.3 Å².